The second kappa shape index (κ2) is 8.28. The number of benzene rings is 2. The van der Waals surface area contributed by atoms with Crippen molar-refractivity contribution in [2.75, 3.05) is 19.6 Å². The SMILES string of the molecule is OC(CCN1CCC(Cc2ccccc2)CC1)c1ccccc1. The van der Waals surface area contributed by atoms with E-state index < -0.39 is 0 Å². The van der Waals surface area contributed by atoms with Gasteiger partial charge in [0.05, 0.1) is 6.10 Å². The Morgan fingerprint density at radius 1 is 0.913 bits per heavy atom. The zero-order valence-corrected chi connectivity index (χ0v) is 13.8. The minimum absolute atomic E-state index is 0.335. The molecule has 1 aliphatic rings. The van der Waals surface area contributed by atoms with E-state index >= 15 is 0 Å². The van der Waals surface area contributed by atoms with Gasteiger partial charge in [0.2, 0.25) is 0 Å². The highest BCUT2D eigenvalue weighted by molar-refractivity contribution is 5.17. The molecule has 3 rings (SSSR count). The Labute approximate surface area is 139 Å². The number of likely N-dealkylation sites (tertiary alicyclic amines) is 1. The van der Waals surface area contributed by atoms with Gasteiger partial charge in [-0.1, -0.05) is 60.7 Å². The van der Waals surface area contributed by atoms with Gasteiger partial charge in [-0.25, -0.2) is 0 Å². The molecular formula is C21H27NO. The number of rotatable bonds is 6. The molecule has 1 atom stereocenters. The normalized spacial score (nSPS) is 18.0. The van der Waals surface area contributed by atoms with Crippen molar-refractivity contribution in [3.8, 4) is 0 Å². The fourth-order valence-corrected chi connectivity index (χ4v) is 3.51. The van der Waals surface area contributed by atoms with Gasteiger partial charge < -0.3 is 10.0 Å². The molecule has 0 radical (unpaired) electrons. The summed E-state index contributed by atoms with van der Waals surface area (Å²) in [7, 11) is 0. The summed E-state index contributed by atoms with van der Waals surface area (Å²) in [4.78, 5) is 2.51. The van der Waals surface area contributed by atoms with Crippen molar-refractivity contribution < 1.29 is 5.11 Å². The Morgan fingerprint density at radius 2 is 1.52 bits per heavy atom. The summed E-state index contributed by atoms with van der Waals surface area (Å²) in [5, 5.41) is 10.3. The van der Waals surface area contributed by atoms with Crippen LogP contribution in [0.3, 0.4) is 0 Å². The van der Waals surface area contributed by atoms with Crippen molar-refractivity contribution >= 4 is 0 Å². The van der Waals surface area contributed by atoms with E-state index in [-0.39, 0.29) is 6.10 Å². The Balaban J connectivity index is 1.39. The van der Waals surface area contributed by atoms with Gasteiger partial charge in [-0.15, -0.1) is 0 Å². The minimum atomic E-state index is -0.335. The Hall–Kier alpha value is -1.64. The number of nitrogens with zero attached hydrogens (tertiary/aromatic N) is 1. The molecule has 2 nitrogen and oxygen atoms in total. The molecule has 0 aromatic heterocycles. The van der Waals surface area contributed by atoms with Crippen LogP contribution in [0.5, 0.6) is 0 Å². The fraction of sp³-hybridized carbons (Fsp3) is 0.429. The molecule has 2 aromatic rings. The monoisotopic (exact) mass is 309 g/mol. The van der Waals surface area contributed by atoms with E-state index in [1.165, 1.54) is 37.9 Å². The third-order valence-corrected chi connectivity index (χ3v) is 4.98. The first-order chi connectivity index (χ1) is 11.3. The van der Waals surface area contributed by atoms with Crippen LogP contribution < -0.4 is 0 Å². The second-order valence-electron chi connectivity index (χ2n) is 6.69. The van der Waals surface area contributed by atoms with Crippen LogP contribution in [0.1, 0.15) is 36.5 Å². The number of piperidine rings is 1. The first-order valence-electron chi connectivity index (χ1n) is 8.80. The molecule has 0 saturated carbocycles. The Kier molecular flexibility index (Phi) is 5.84. The standard InChI is InChI=1S/C21H27NO/c23-21(20-9-5-2-6-10-20)13-16-22-14-11-19(12-15-22)17-18-7-3-1-4-8-18/h1-10,19,21,23H,11-17H2. The molecular weight excluding hydrogens is 282 g/mol. The van der Waals surface area contributed by atoms with Crippen LogP contribution in [0.2, 0.25) is 0 Å². The Bertz CT molecular complexity index is 561. The first-order valence-corrected chi connectivity index (χ1v) is 8.80. The number of hydrogen-bond donors (Lipinski definition) is 1. The highest BCUT2D eigenvalue weighted by Crippen LogP contribution is 2.23. The topological polar surface area (TPSA) is 23.5 Å². The summed E-state index contributed by atoms with van der Waals surface area (Å²) in [6.45, 7) is 3.33. The second-order valence-corrected chi connectivity index (χ2v) is 6.69. The van der Waals surface area contributed by atoms with Gasteiger partial charge in [0, 0.05) is 6.54 Å². The predicted molar refractivity (Wildman–Crippen MR) is 95.3 cm³/mol. The highest BCUT2D eigenvalue weighted by atomic mass is 16.3. The van der Waals surface area contributed by atoms with Crippen molar-refractivity contribution in [3.05, 3.63) is 71.8 Å². The summed E-state index contributed by atoms with van der Waals surface area (Å²) in [5.41, 5.74) is 2.50. The molecule has 0 amide bonds. The number of aliphatic hydroxyl groups excluding tert-OH is 1. The van der Waals surface area contributed by atoms with E-state index in [0.717, 1.165) is 24.4 Å². The average molecular weight is 309 g/mol. The van der Waals surface area contributed by atoms with Crippen molar-refractivity contribution in [1.82, 2.24) is 4.90 Å². The molecule has 0 bridgehead atoms. The smallest absolute Gasteiger partial charge is 0.0802 e. The van der Waals surface area contributed by atoms with Crippen molar-refractivity contribution in [3.63, 3.8) is 0 Å². The van der Waals surface area contributed by atoms with Crippen molar-refractivity contribution in [2.24, 2.45) is 5.92 Å². The summed E-state index contributed by atoms with van der Waals surface area (Å²) >= 11 is 0. The lowest BCUT2D eigenvalue weighted by Crippen LogP contribution is -2.35. The zero-order valence-electron chi connectivity index (χ0n) is 13.8. The molecule has 2 aromatic carbocycles. The molecule has 1 N–H and O–H groups in total. The maximum atomic E-state index is 10.3. The fourth-order valence-electron chi connectivity index (χ4n) is 3.51. The highest BCUT2D eigenvalue weighted by Gasteiger charge is 2.20. The maximum Gasteiger partial charge on any atom is 0.0802 e. The molecule has 122 valence electrons. The summed E-state index contributed by atoms with van der Waals surface area (Å²) in [6, 6.07) is 20.8. The third-order valence-electron chi connectivity index (χ3n) is 4.98. The lowest BCUT2D eigenvalue weighted by atomic mass is 9.90. The van der Waals surface area contributed by atoms with Gasteiger partial charge >= 0.3 is 0 Å². The third kappa shape index (κ3) is 4.92. The lowest BCUT2D eigenvalue weighted by Gasteiger charge is -2.32. The van der Waals surface area contributed by atoms with Gasteiger partial charge in [-0.05, 0) is 55.8 Å². The first kappa shape index (κ1) is 16.2. The van der Waals surface area contributed by atoms with E-state index in [0.29, 0.717) is 0 Å². The summed E-state index contributed by atoms with van der Waals surface area (Å²) in [5.74, 6) is 0.813. The Morgan fingerprint density at radius 3 is 2.17 bits per heavy atom. The molecule has 0 spiro atoms. The number of hydrogen-bond acceptors (Lipinski definition) is 2. The number of aliphatic hydroxyl groups is 1. The quantitative estimate of drug-likeness (QED) is 0.869. The van der Waals surface area contributed by atoms with Crippen LogP contribution >= 0.6 is 0 Å². The van der Waals surface area contributed by atoms with Crippen LogP contribution in [0.25, 0.3) is 0 Å². The molecule has 1 saturated heterocycles. The van der Waals surface area contributed by atoms with Crippen LogP contribution in [-0.4, -0.2) is 29.6 Å². The van der Waals surface area contributed by atoms with Gasteiger partial charge in [-0.2, -0.15) is 0 Å². The minimum Gasteiger partial charge on any atom is -0.388 e. The molecule has 1 heterocycles. The van der Waals surface area contributed by atoms with E-state index in [1.807, 2.05) is 30.3 Å². The zero-order chi connectivity index (χ0) is 15.9. The molecule has 1 unspecified atom stereocenters. The molecule has 23 heavy (non-hydrogen) atoms. The molecule has 2 heteroatoms. The summed E-state index contributed by atoms with van der Waals surface area (Å²) < 4.78 is 0. The van der Waals surface area contributed by atoms with Crippen LogP contribution in [0.4, 0.5) is 0 Å². The van der Waals surface area contributed by atoms with Crippen LogP contribution in [0, 0.1) is 5.92 Å². The van der Waals surface area contributed by atoms with Crippen LogP contribution in [-0.2, 0) is 6.42 Å². The van der Waals surface area contributed by atoms with Gasteiger partial charge in [0.25, 0.3) is 0 Å². The van der Waals surface area contributed by atoms with E-state index in [2.05, 4.69) is 35.2 Å². The van der Waals surface area contributed by atoms with Gasteiger partial charge in [-0.3, -0.25) is 0 Å². The van der Waals surface area contributed by atoms with E-state index in [9.17, 15) is 5.11 Å². The van der Waals surface area contributed by atoms with Crippen LogP contribution in [0.15, 0.2) is 60.7 Å². The summed E-state index contributed by atoms with van der Waals surface area (Å²) in [6.07, 6.45) is 4.25. The lowest BCUT2D eigenvalue weighted by molar-refractivity contribution is 0.123. The molecule has 1 aliphatic heterocycles. The van der Waals surface area contributed by atoms with Crippen molar-refractivity contribution in [1.29, 1.82) is 0 Å². The predicted octanol–water partition coefficient (Wildman–Crippen LogP) is 4.06. The van der Waals surface area contributed by atoms with E-state index in [1.54, 1.807) is 0 Å². The molecule has 1 fully saturated rings. The largest absolute Gasteiger partial charge is 0.388 e. The maximum absolute atomic E-state index is 10.3. The average Bonchev–Trinajstić information content (AvgIpc) is 2.62. The van der Waals surface area contributed by atoms with E-state index in [4.69, 9.17) is 0 Å². The van der Waals surface area contributed by atoms with Gasteiger partial charge in [0.15, 0.2) is 0 Å². The van der Waals surface area contributed by atoms with Gasteiger partial charge in [0.1, 0.15) is 0 Å². The molecule has 0 aliphatic carbocycles. The van der Waals surface area contributed by atoms with Crippen molar-refractivity contribution in [2.45, 2.75) is 31.8 Å².